The summed E-state index contributed by atoms with van der Waals surface area (Å²) in [5.74, 6) is 0.850. The molecule has 5 heteroatoms. The lowest BCUT2D eigenvalue weighted by Gasteiger charge is -2.05. The highest BCUT2D eigenvalue weighted by atomic mass is 15.1. The molecule has 2 rings (SSSR count). The van der Waals surface area contributed by atoms with Crippen LogP contribution in [-0.2, 0) is 0 Å². The number of nitrogens with zero attached hydrogens (tertiary/aromatic N) is 3. The van der Waals surface area contributed by atoms with E-state index in [1.165, 1.54) is 32.1 Å². The van der Waals surface area contributed by atoms with Crippen LogP contribution in [0.4, 0.5) is 5.82 Å². The number of anilines is 1. The molecule has 2 heterocycles. The van der Waals surface area contributed by atoms with Gasteiger partial charge in [-0.1, -0.05) is 32.6 Å². The van der Waals surface area contributed by atoms with Gasteiger partial charge in [0.2, 0.25) is 0 Å². The van der Waals surface area contributed by atoms with Crippen LogP contribution >= 0.6 is 0 Å². The summed E-state index contributed by atoms with van der Waals surface area (Å²) in [5.41, 5.74) is 1.61. The first kappa shape index (κ1) is 11.8. The zero-order valence-corrected chi connectivity index (χ0v) is 10.2. The van der Waals surface area contributed by atoms with Crippen LogP contribution in [0, 0.1) is 0 Å². The van der Waals surface area contributed by atoms with Crippen LogP contribution in [0.5, 0.6) is 0 Å². The lowest BCUT2D eigenvalue weighted by Crippen LogP contribution is -2.04. The summed E-state index contributed by atoms with van der Waals surface area (Å²) < 4.78 is 0. The standard InChI is InChI=1S/C12H19N5/c1-2-3-4-5-6-7-13-11-10-12(15-8-14-10)17-9-16-11/h8-9H,2-7H2,1H3,(H2,13,14,15,16,17). The number of hydrogen-bond donors (Lipinski definition) is 2. The molecule has 2 N–H and O–H groups in total. The van der Waals surface area contributed by atoms with E-state index >= 15 is 0 Å². The van der Waals surface area contributed by atoms with Crippen LogP contribution in [-0.4, -0.2) is 26.5 Å². The predicted molar refractivity (Wildman–Crippen MR) is 68.9 cm³/mol. The summed E-state index contributed by atoms with van der Waals surface area (Å²) in [6, 6.07) is 0. The van der Waals surface area contributed by atoms with E-state index in [-0.39, 0.29) is 0 Å². The van der Waals surface area contributed by atoms with Crippen LogP contribution < -0.4 is 5.32 Å². The van der Waals surface area contributed by atoms with Crippen molar-refractivity contribution in [2.75, 3.05) is 11.9 Å². The molecule has 0 aliphatic heterocycles. The smallest absolute Gasteiger partial charge is 0.182 e. The van der Waals surface area contributed by atoms with Crippen LogP contribution in [0.2, 0.25) is 0 Å². The van der Waals surface area contributed by atoms with Gasteiger partial charge in [0.1, 0.15) is 11.8 Å². The molecule has 0 amide bonds. The molecule has 0 unspecified atom stereocenters. The van der Waals surface area contributed by atoms with Crippen LogP contribution in [0.1, 0.15) is 39.0 Å². The number of aromatic amines is 1. The first-order valence-electron chi connectivity index (χ1n) is 6.29. The van der Waals surface area contributed by atoms with Crippen LogP contribution in [0.3, 0.4) is 0 Å². The van der Waals surface area contributed by atoms with Crippen LogP contribution in [0.25, 0.3) is 11.2 Å². The Morgan fingerprint density at radius 1 is 1.12 bits per heavy atom. The molecular weight excluding hydrogens is 214 g/mol. The van der Waals surface area contributed by atoms with Gasteiger partial charge >= 0.3 is 0 Å². The van der Waals surface area contributed by atoms with Crippen molar-refractivity contribution >= 4 is 17.0 Å². The Labute approximate surface area is 101 Å². The Kier molecular flexibility index (Phi) is 4.30. The number of rotatable bonds is 7. The molecule has 0 spiro atoms. The second kappa shape index (κ2) is 6.18. The molecule has 92 valence electrons. The maximum Gasteiger partial charge on any atom is 0.182 e. The minimum atomic E-state index is 0.716. The zero-order valence-electron chi connectivity index (χ0n) is 10.2. The second-order valence-corrected chi connectivity index (χ2v) is 4.16. The minimum absolute atomic E-state index is 0.716. The fourth-order valence-corrected chi connectivity index (χ4v) is 1.83. The molecular formula is C12H19N5. The summed E-state index contributed by atoms with van der Waals surface area (Å²) in [6.45, 7) is 3.18. The van der Waals surface area contributed by atoms with Crippen molar-refractivity contribution in [1.82, 2.24) is 19.9 Å². The molecule has 0 aliphatic rings. The Morgan fingerprint density at radius 3 is 2.88 bits per heavy atom. The van der Waals surface area contributed by atoms with Gasteiger partial charge in [-0.25, -0.2) is 15.0 Å². The van der Waals surface area contributed by atoms with Crippen molar-refractivity contribution in [3.05, 3.63) is 12.7 Å². The highest BCUT2D eigenvalue weighted by Crippen LogP contribution is 2.14. The van der Waals surface area contributed by atoms with E-state index in [1.807, 2.05) is 0 Å². The van der Waals surface area contributed by atoms with Crippen molar-refractivity contribution < 1.29 is 0 Å². The van der Waals surface area contributed by atoms with Crippen molar-refractivity contribution in [2.45, 2.75) is 39.0 Å². The second-order valence-electron chi connectivity index (χ2n) is 4.16. The van der Waals surface area contributed by atoms with Gasteiger partial charge in [-0.15, -0.1) is 0 Å². The largest absolute Gasteiger partial charge is 0.368 e. The third-order valence-corrected chi connectivity index (χ3v) is 2.80. The number of nitrogens with one attached hydrogen (secondary N) is 2. The summed E-state index contributed by atoms with van der Waals surface area (Å²) in [6.07, 6.45) is 9.58. The Bertz CT molecular complexity index is 451. The number of H-pyrrole nitrogens is 1. The van der Waals surface area contributed by atoms with Gasteiger partial charge < -0.3 is 10.3 Å². The van der Waals surface area contributed by atoms with E-state index in [0.717, 1.165) is 17.9 Å². The molecule has 5 nitrogen and oxygen atoms in total. The van der Waals surface area contributed by atoms with E-state index in [2.05, 4.69) is 32.2 Å². The Hall–Kier alpha value is -1.65. The normalized spacial score (nSPS) is 10.9. The Morgan fingerprint density at radius 2 is 2.00 bits per heavy atom. The van der Waals surface area contributed by atoms with Crippen LogP contribution in [0.15, 0.2) is 12.7 Å². The lowest BCUT2D eigenvalue weighted by molar-refractivity contribution is 0.645. The molecule has 17 heavy (non-hydrogen) atoms. The van der Waals surface area contributed by atoms with Gasteiger partial charge in [0, 0.05) is 6.54 Å². The summed E-state index contributed by atoms with van der Waals surface area (Å²) >= 11 is 0. The molecule has 2 aromatic rings. The summed E-state index contributed by atoms with van der Waals surface area (Å²) in [4.78, 5) is 15.4. The van der Waals surface area contributed by atoms with E-state index in [4.69, 9.17) is 0 Å². The number of fused-ring (bicyclic) bond motifs is 1. The molecule has 0 saturated heterocycles. The first-order chi connectivity index (χ1) is 8.42. The van der Waals surface area contributed by atoms with E-state index < -0.39 is 0 Å². The monoisotopic (exact) mass is 233 g/mol. The van der Waals surface area contributed by atoms with E-state index in [0.29, 0.717) is 5.65 Å². The van der Waals surface area contributed by atoms with Gasteiger partial charge in [0.05, 0.1) is 6.33 Å². The third kappa shape index (κ3) is 3.15. The topological polar surface area (TPSA) is 66.5 Å². The molecule has 0 radical (unpaired) electrons. The minimum Gasteiger partial charge on any atom is -0.368 e. The van der Waals surface area contributed by atoms with Crippen molar-refractivity contribution in [1.29, 1.82) is 0 Å². The molecule has 0 aromatic carbocycles. The molecule has 0 atom stereocenters. The molecule has 0 fully saturated rings. The number of imidazole rings is 1. The van der Waals surface area contributed by atoms with E-state index in [9.17, 15) is 0 Å². The fraction of sp³-hybridized carbons (Fsp3) is 0.583. The predicted octanol–water partition coefficient (Wildman–Crippen LogP) is 2.74. The highest BCUT2D eigenvalue weighted by molar-refractivity contribution is 5.81. The SMILES string of the molecule is CCCCCCCNc1ncnc2nc[nH]c12. The average Bonchev–Trinajstić information content (AvgIpc) is 2.82. The Balaban J connectivity index is 1.80. The van der Waals surface area contributed by atoms with Crippen molar-refractivity contribution in [2.24, 2.45) is 0 Å². The fourth-order valence-electron chi connectivity index (χ4n) is 1.83. The summed E-state index contributed by atoms with van der Waals surface area (Å²) in [7, 11) is 0. The quantitative estimate of drug-likeness (QED) is 0.722. The van der Waals surface area contributed by atoms with Gasteiger partial charge in [-0.2, -0.15) is 0 Å². The maximum atomic E-state index is 4.22. The molecule has 0 aliphatic carbocycles. The first-order valence-corrected chi connectivity index (χ1v) is 6.29. The van der Waals surface area contributed by atoms with Gasteiger partial charge in [0.15, 0.2) is 11.5 Å². The number of aromatic nitrogens is 4. The van der Waals surface area contributed by atoms with Gasteiger partial charge in [0.25, 0.3) is 0 Å². The van der Waals surface area contributed by atoms with Gasteiger partial charge in [-0.05, 0) is 6.42 Å². The van der Waals surface area contributed by atoms with Crippen molar-refractivity contribution in [3.63, 3.8) is 0 Å². The van der Waals surface area contributed by atoms with E-state index in [1.54, 1.807) is 12.7 Å². The van der Waals surface area contributed by atoms with Crippen molar-refractivity contribution in [3.8, 4) is 0 Å². The summed E-state index contributed by atoms with van der Waals surface area (Å²) in [5, 5.41) is 3.33. The van der Waals surface area contributed by atoms with Gasteiger partial charge in [-0.3, -0.25) is 0 Å². The number of unbranched alkanes of at least 4 members (excludes halogenated alkanes) is 4. The third-order valence-electron chi connectivity index (χ3n) is 2.80. The molecule has 0 saturated carbocycles. The zero-order chi connectivity index (χ0) is 11.9. The molecule has 0 bridgehead atoms. The number of hydrogen-bond acceptors (Lipinski definition) is 4. The maximum absolute atomic E-state index is 4.22. The lowest BCUT2D eigenvalue weighted by atomic mass is 10.1. The molecule has 2 aromatic heterocycles. The average molecular weight is 233 g/mol. The highest BCUT2D eigenvalue weighted by Gasteiger charge is 2.03.